The Morgan fingerprint density at radius 2 is 2.06 bits per heavy atom. The molecule has 4 nitrogen and oxygen atoms in total. The lowest BCUT2D eigenvalue weighted by Crippen LogP contribution is -2.25. The van der Waals surface area contributed by atoms with Gasteiger partial charge in [-0.05, 0) is 6.07 Å². The van der Waals surface area contributed by atoms with Crippen molar-refractivity contribution in [2.45, 2.75) is 32.3 Å². The number of hydrogen-bond acceptors (Lipinski definition) is 4. The fourth-order valence-electron chi connectivity index (χ4n) is 1.60. The average Bonchev–Trinajstić information content (AvgIpc) is 2.28. The van der Waals surface area contributed by atoms with Gasteiger partial charge >= 0.3 is 0 Å². The van der Waals surface area contributed by atoms with E-state index in [4.69, 9.17) is 21.1 Å². The number of nitrogens with zero attached hydrogens (tertiary/aromatic N) is 2. The van der Waals surface area contributed by atoms with Gasteiger partial charge in [0.25, 0.3) is 0 Å². The normalized spacial score (nSPS) is 21.5. The molecule has 1 aliphatic heterocycles. The summed E-state index contributed by atoms with van der Waals surface area (Å²) in [4.78, 5) is 8.75. The summed E-state index contributed by atoms with van der Waals surface area (Å²) in [6, 6.07) is 1.80. The van der Waals surface area contributed by atoms with E-state index in [-0.39, 0.29) is 11.5 Å². The third-order valence-corrected chi connectivity index (χ3v) is 2.78. The van der Waals surface area contributed by atoms with Crippen LogP contribution in [0.4, 0.5) is 0 Å². The van der Waals surface area contributed by atoms with Crippen LogP contribution < -0.4 is 0 Å². The maximum absolute atomic E-state index is 6.03. The van der Waals surface area contributed by atoms with E-state index < -0.39 is 0 Å². The molecule has 0 amide bonds. The molecule has 1 fully saturated rings. The predicted octanol–water partition coefficient (Wildman–Crippen LogP) is 2.52. The van der Waals surface area contributed by atoms with Crippen molar-refractivity contribution in [1.29, 1.82) is 0 Å². The summed E-state index contributed by atoms with van der Waals surface area (Å²) >= 11 is 6.03. The van der Waals surface area contributed by atoms with E-state index in [1.165, 1.54) is 0 Å². The second-order valence-electron chi connectivity index (χ2n) is 5.12. The number of rotatable bonds is 1. The second-order valence-corrected chi connectivity index (χ2v) is 5.51. The van der Waals surface area contributed by atoms with E-state index in [9.17, 15) is 0 Å². The van der Waals surface area contributed by atoms with Gasteiger partial charge in [-0.25, -0.2) is 9.97 Å². The van der Waals surface area contributed by atoms with Crippen LogP contribution in [0.1, 0.15) is 38.4 Å². The average molecular weight is 257 g/mol. The molecule has 17 heavy (non-hydrogen) atoms. The molecule has 2 rings (SSSR count). The Morgan fingerprint density at radius 3 is 2.65 bits per heavy atom. The number of halogens is 1. The monoisotopic (exact) mass is 256 g/mol. The minimum Gasteiger partial charge on any atom is -0.376 e. The predicted molar refractivity (Wildman–Crippen MR) is 65.3 cm³/mol. The summed E-state index contributed by atoms with van der Waals surface area (Å²) in [6.45, 7) is 7.97. The van der Waals surface area contributed by atoms with Gasteiger partial charge in [0.15, 0.2) is 5.82 Å². The zero-order valence-corrected chi connectivity index (χ0v) is 11.1. The van der Waals surface area contributed by atoms with Crippen molar-refractivity contribution in [3.63, 3.8) is 0 Å². The molecule has 0 bridgehead atoms. The van der Waals surface area contributed by atoms with E-state index in [0.717, 1.165) is 5.69 Å². The summed E-state index contributed by atoms with van der Waals surface area (Å²) in [7, 11) is 0. The summed E-state index contributed by atoms with van der Waals surface area (Å²) in [5.41, 5.74) is 0.860. The first-order valence-corrected chi connectivity index (χ1v) is 6.09. The Balaban J connectivity index is 2.31. The quantitative estimate of drug-likeness (QED) is 0.725. The smallest absolute Gasteiger partial charge is 0.161 e. The molecule has 1 atom stereocenters. The van der Waals surface area contributed by atoms with Crippen molar-refractivity contribution in [3.8, 4) is 0 Å². The van der Waals surface area contributed by atoms with Gasteiger partial charge in [0, 0.05) is 5.41 Å². The van der Waals surface area contributed by atoms with Crippen LogP contribution in [0.3, 0.4) is 0 Å². The van der Waals surface area contributed by atoms with E-state index in [1.54, 1.807) is 6.07 Å². The van der Waals surface area contributed by atoms with Crippen LogP contribution in [0.25, 0.3) is 0 Å². The van der Waals surface area contributed by atoms with Crippen LogP contribution in [-0.4, -0.2) is 29.8 Å². The molecule has 0 radical (unpaired) electrons. The van der Waals surface area contributed by atoms with Gasteiger partial charge in [0.1, 0.15) is 11.3 Å². The molecule has 0 aliphatic carbocycles. The van der Waals surface area contributed by atoms with Gasteiger partial charge in [-0.3, -0.25) is 0 Å². The Hall–Kier alpha value is -0.710. The van der Waals surface area contributed by atoms with Gasteiger partial charge in [0.05, 0.1) is 25.5 Å². The molecule has 0 aromatic carbocycles. The van der Waals surface area contributed by atoms with Crippen molar-refractivity contribution in [1.82, 2.24) is 9.97 Å². The van der Waals surface area contributed by atoms with Crippen LogP contribution in [0.5, 0.6) is 0 Å². The fourth-order valence-corrected chi connectivity index (χ4v) is 1.79. The number of hydrogen-bond donors (Lipinski definition) is 0. The molecule has 0 spiro atoms. The number of ether oxygens (including phenoxy) is 2. The summed E-state index contributed by atoms with van der Waals surface area (Å²) in [5.74, 6) is 0.613. The van der Waals surface area contributed by atoms with Gasteiger partial charge in [-0.15, -0.1) is 0 Å². The molecule has 1 aromatic heterocycles. The maximum Gasteiger partial charge on any atom is 0.161 e. The molecule has 1 unspecified atom stereocenters. The van der Waals surface area contributed by atoms with Crippen LogP contribution in [-0.2, 0) is 14.9 Å². The minimum atomic E-state index is -0.205. The molecule has 94 valence electrons. The molecule has 1 saturated heterocycles. The lowest BCUT2D eigenvalue weighted by Gasteiger charge is -2.24. The largest absolute Gasteiger partial charge is 0.376 e. The molecule has 1 aromatic rings. The summed E-state index contributed by atoms with van der Waals surface area (Å²) in [6.07, 6.45) is -0.205. The minimum absolute atomic E-state index is 0.0587. The van der Waals surface area contributed by atoms with Crippen LogP contribution in [0.15, 0.2) is 6.07 Å². The van der Waals surface area contributed by atoms with Gasteiger partial charge < -0.3 is 9.47 Å². The fraction of sp³-hybridized carbons (Fsp3) is 0.667. The van der Waals surface area contributed by atoms with Crippen molar-refractivity contribution >= 4 is 11.6 Å². The van der Waals surface area contributed by atoms with Crippen LogP contribution in [0.2, 0.25) is 5.15 Å². The Bertz CT molecular complexity index is 398. The zero-order valence-electron chi connectivity index (χ0n) is 10.4. The number of aromatic nitrogens is 2. The highest BCUT2D eigenvalue weighted by Gasteiger charge is 2.23. The Kier molecular flexibility index (Phi) is 3.66. The topological polar surface area (TPSA) is 44.2 Å². The van der Waals surface area contributed by atoms with Crippen molar-refractivity contribution < 1.29 is 9.47 Å². The Morgan fingerprint density at radius 1 is 1.29 bits per heavy atom. The molecule has 1 aliphatic rings. The van der Waals surface area contributed by atoms with Gasteiger partial charge in [-0.1, -0.05) is 32.4 Å². The van der Waals surface area contributed by atoms with Crippen molar-refractivity contribution in [2.24, 2.45) is 0 Å². The molecular weight excluding hydrogens is 240 g/mol. The van der Waals surface area contributed by atoms with Crippen LogP contribution in [0, 0.1) is 0 Å². The molecule has 5 heteroatoms. The van der Waals surface area contributed by atoms with Crippen LogP contribution >= 0.6 is 11.6 Å². The van der Waals surface area contributed by atoms with E-state index >= 15 is 0 Å². The first-order chi connectivity index (χ1) is 7.97. The molecule has 0 N–H and O–H groups in total. The highest BCUT2D eigenvalue weighted by Crippen LogP contribution is 2.25. The SMILES string of the molecule is CC(C)(C)c1cc(Cl)nc(C2COCCO2)n1. The first-order valence-electron chi connectivity index (χ1n) is 5.71. The second kappa shape index (κ2) is 4.88. The highest BCUT2D eigenvalue weighted by atomic mass is 35.5. The maximum atomic E-state index is 6.03. The Labute approximate surface area is 106 Å². The summed E-state index contributed by atoms with van der Waals surface area (Å²) in [5, 5.41) is 0.453. The van der Waals surface area contributed by atoms with Gasteiger partial charge in [-0.2, -0.15) is 0 Å². The lowest BCUT2D eigenvalue weighted by atomic mass is 9.92. The van der Waals surface area contributed by atoms with Crippen molar-refractivity contribution in [2.75, 3.05) is 19.8 Å². The lowest BCUT2D eigenvalue weighted by molar-refractivity contribution is -0.0936. The van der Waals surface area contributed by atoms with E-state index in [2.05, 4.69) is 30.7 Å². The zero-order chi connectivity index (χ0) is 12.5. The van der Waals surface area contributed by atoms with E-state index in [0.29, 0.717) is 30.8 Å². The highest BCUT2D eigenvalue weighted by molar-refractivity contribution is 6.29. The molecule has 0 saturated carbocycles. The first kappa shape index (κ1) is 12.7. The van der Waals surface area contributed by atoms with Gasteiger partial charge in [0.2, 0.25) is 0 Å². The van der Waals surface area contributed by atoms with E-state index in [1.807, 2.05) is 0 Å². The van der Waals surface area contributed by atoms with Crippen molar-refractivity contribution in [3.05, 3.63) is 22.7 Å². The molecular formula is C12H17ClN2O2. The third-order valence-electron chi connectivity index (χ3n) is 2.58. The standard InChI is InChI=1S/C12H17ClN2O2/c1-12(2,3)9-6-10(13)15-11(14-9)8-7-16-4-5-17-8/h6,8H,4-5,7H2,1-3H3. The third kappa shape index (κ3) is 3.15. The molecule has 2 heterocycles. The summed E-state index contributed by atoms with van der Waals surface area (Å²) < 4.78 is 10.9.